The van der Waals surface area contributed by atoms with Gasteiger partial charge in [0.25, 0.3) is 0 Å². The number of hydrogen-bond acceptors (Lipinski definition) is 2. The Hall–Kier alpha value is -0.920. The van der Waals surface area contributed by atoms with Crippen molar-refractivity contribution in [2.75, 3.05) is 0 Å². The summed E-state index contributed by atoms with van der Waals surface area (Å²) in [7, 11) is 0. The van der Waals surface area contributed by atoms with E-state index in [1.165, 1.54) is 0 Å². The molecule has 0 aromatic carbocycles. The molecule has 0 aromatic heterocycles. The number of carbonyl (C=O) groups excluding carboxylic acids is 2. The van der Waals surface area contributed by atoms with Crippen molar-refractivity contribution in [1.29, 1.82) is 0 Å². The fourth-order valence-corrected chi connectivity index (χ4v) is 1.87. The number of allylic oxidation sites excluding steroid dienone is 2. The largest absolute Gasteiger partial charge is 0.300 e. The molecule has 2 unspecified atom stereocenters. The van der Waals surface area contributed by atoms with E-state index < -0.39 is 0 Å². The quantitative estimate of drug-likeness (QED) is 0.462. The molecule has 0 bridgehead atoms. The molecule has 1 aliphatic carbocycles. The number of Topliss-reactive ketones (excluding diaryl/α,β-unsaturated/α-hetero) is 1. The third-order valence-electron chi connectivity index (χ3n) is 2.60. The molecule has 0 radical (unpaired) electrons. The van der Waals surface area contributed by atoms with Crippen LogP contribution in [0.3, 0.4) is 0 Å². The van der Waals surface area contributed by atoms with Crippen LogP contribution in [-0.2, 0) is 9.59 Å². The highest BCUT2D eigenvalue weighted by atomic mass is 16.1. The Morgan fingerprint density at radius 2 is 2.17 bits per heavy atom. The van der Waals surface area contributed by atoms with E-state index in [9.17, 15) is 9.59 Å². The average Bonchev–Trinajstić information content (AvgIpc) is 2.30. The van der Waals surface area contributed by atoms with Crippen LogP contribution in [0.2, 0.25) is 0 Å². The predicted octanol–water partition coefficient (Wildman–Crippen LogP) is 1.75. The fraction of sp³-hybridized carbons (Fsp3) is 0.600. The second kappa shape index (κ2) is 3.65. The maximum Gasteiger partial charge on any atom is 0.142 e. The zero-order chi connectivity index (χ0) is 9.14. The molecule has 0 saturated heterocycles. The molecule has 1 aliphatic rings. The monoisotopic (exact) mass is 166 g/mol. The Balaban J connectivity index is 2.69. The topological polar surface area (TPSA) is 34.1 Å². The summed E-state index contributed by atoms with van der Waals surface area (Å²) in [6.45, 7) is 3.99. The van der Waals surface area contributed by atoms with Crippen LogP contribution < -0.4 is 0 Å². The molecule has 2 atom stereocenters. The molecule has 12 heavy (non-hydrogen) atoms. The van der Waals surface area contributed by atoms with E-state index in [0.29, 0.717) is 30.5 Å². The Morgan fingerprint density at radius 1 is 1.50 bits per heavy atom. The number of carbonyl (C=O) groups is 2. The van der Waals surface area contributed by atoms with Gasteiger partial charge in [0, 0.05) is 12.8 Å². The van der Waals surface area contributed by atoms with E-state index in [-0.39, 0.29) is 0 Å². The van der Waals surface area contributed by atoms with Crippen molar-refractivity contribution in [2.24, 2.45) is 11.8 Å². The first-order valence-electron chi connectivity index (χ1n) is 4.28. The van der Waals surface area contributed by atoms with Crippen molar-refractivity contribution in [3.63, 3.8) is 0 Å². The van der Waals surface area contributed by atoms with Crippen LogP contribution in [0, 0.1) is 11.8 Å². The van der Waals surface area contributed by atoms with E-state index in [0.717, 1.165) is 11.9 Å². The third kappa shape index (κ3) is 1.81. The van der Waals surface area contributed by atoms with Gasteiger partial charge in [-0.05, 0) is 24.8 Å². The smallest absolute Gasteiger partial charge is 0.142 e. The molecule has 1 rings (SSSR count). The summed E-state index contributed by atoms with van der Waals surface area (Å²) in [5, 5.41) is 0. The molecule has 66 valence electrons. The highest BCUT2D eigenvalue weighted by Crippen LogP contribution is 2.33. The number of rotatable bonds is 2. The summed E-state index contributed by atoms with van der Waals surface area (Å²) in [5.74, 6) is 1.04. The van der Waals surface area contributed by atoms with Gasteiger partial charge in [0.05, 0.1) is 0 Å². The van der Waals surface area contributed by atoms with Crippen molar-refractivity contribution in [3.8, 4) is 0 Å². The summed E-state index contributed by atoms with van der Waals surface area (Å²) in [6.07, 6.45) is 3.66. The predicted molar refractivity (Wildman–Crippen MR) is 46.7 cm³/mol. The van der Waals surface area contributed by atoms with Gasteiger partial charge in [-0.15, -0.1) is 0 Å². The zero-order valence-electron chi connectivity index (χ0n) is 7.54. The maximum atomic E-state index is 11.1. The SMILES string of the molecule is CC(=CC=O)C1CC(=O)CC1C. The van der Waals surface area contributed by atoms with Crippen molar-refractivity contribution < 1.29 is 9.59 Å². The molecule has 0 aromatic rings. The highest BCUT2D eigenvalue weighted by molar-refractivity contribution is 5.82. The van der Waals surface area contributed by atoms with E-state index >= 15 is 0 Å². The van der Waals surface area contributed by atoms with E-state index in [1.54, 1.807) is 6.08 Å². The van der Waals surface area contributed by atoms with Crippen molar-refractivity contribution in [1.82, 2.24) is 0 Å². The van der Waals surface area contributed by atoms with Crippen molar-refractivity contribution >= 4 is 12.1 Å². The molecular weight excluding hydrogens is 152 g/mol. The highest BCUT2D eigenvalue weighted by Gasteiger charge is 2.30. The molecule has 2 heteroatoms. The number of aldehydes is 1. The Kier molecular flexibility index (Phi) is 2.79. The molecule has 0 amide bonds. The number of ketones is 1. The summed E-state index contributed by atoms with van der Waals surface area (Å²) in [6, 6.07) is 0. The van der Waals surface area contributed by atoms with Gasteiger partial charge in [0.1, 0.15) is 12.1 Å². The van der Waals surface area contributed by atoms with E-state index in [1.807, 2.05) is 6.92 Å². The lowest BCUT2D eigenvalue weighted by molar-refractivity contribution is -0.117. The van der Waals surface area contributed by atoms with Crippen LogP contribution in [0.25, 0.3) is 0 Å². The van der Waals surface area contributed by atoms with Gasteiger partial charge >= 0.3 is 0 Å². The molecular formula is C10H14O2. The molecule has 2 nitrogen and oxygen atoms in total. The standard InChI is InChI=1S/C10H14O2/c1-7(3-4-11)10-6-9(12)5-8(10)2/h3-4,8,10H,5-6H2,1-2H3. The van der Waals surface area contributed by atoms with Crippen molar-refractivity contribution in [2.45, 2.75) is 26.7 Å². The zero-order valence-corrected chi connectivity index (χ0v) is 7.54. The summed E-state index contributed by atoms with van der Waals surface area (Å²) in [4.78, 5) is 21.3. The summed E-state index contributed by atoms with van der Waals surface area (Å²) in [5.41, 5.74) is 1.04. The van der Waals surface area contributed by atoms with Gasteiger partial charge in [0.2, 0.25) is 0 Å². The van der Waals surface area contributed by atoms with Crippen LogP contribution in [0.4, 0.5) is 0 Å². The summed E-state index contributed by atoms with van der Waals surface area (Å²) < 4.78 is 0. The molecule has 0 N–H and O–H groups in total. The first kappa shape index (κ1) is 9.17. The van der Waals surface area contributed by atoms with Gasteiger partial charge in [-0.2, -0.15) is 0 Å². The number of hydrogen-bond donors (Lipinski definition) is 0. The van der Waals surface area contributed by atoms with Crippen LogP contribution >= 0.6 is 0 Å². The Labute approximate surface area is 72.7 Å². The second-order valence-corrected chi connectivity index (χ2v) is 3.58. The van der Waals surface area contributed by atoms with Gasteiger partial charge in [0.15, 0.2) is 0 Å². The average molecular weight is 166 g/mol. The summed E-state index contributed by atoms with van der Waals surface area (Å²) >= 11 is 0. The lowest BCUT2D eigenvalue weighted by atomic mass is 9.91. The van der Waals surface area contributed by atoms with Gasteiger partial charge in [-0.25, -0.2) is 0 Å². The lowest BCUT2D eigenvalue weighted by Gasteiger charge is -2.13. The molecule has 0 heterocycles. The van der Waals surface area contributed by atoms with Crippen LogP contribution in [0.15, 0.2) is 11.6 Å². The fourth-order valence-electron chi connectivity index (χ4n) is 1.87. The van der Waals surface area contributed by atoms with Gasteiger partial charge in [-0.1, -0.05) is 12.5 Å². The van der Waals surface area contributed by atoms with E-state index in [4.69, 9.17) is 0 Å². The first-order chi connectivity index (χ1) is 5.65. The Bertz CT molecular complexity index is 228. The minimum Gasteiger partial charge on any atom is -0.300 e. The Morgan fingerprint density at radius 3 is 2.58 bits per heavy atom. The third-order valence-corrected chi connectivity index (χ3v) is 2.60. The van der Waals surface area contributed by atoms with Crippen LogP contribution in [0.5, 0.6) is 0 Å². The maximum absolute atomic E-state index is 11.1. The molecule has 0 spiro atoms. The van der Waals surface area contributed by atoms with Crippen LogP contribution in [0.1, 0.15) is 26.7 Å². The minimum atomic E-state index is 0.308. The molecule has 1 fully saturated rings. The van der Waals surface area contributed by atoms with E-state index in [2.05, 4.69) is 6.92 Å². The minimum absolute atomic E-state index is 0.308. The van der Waals surface area contributed by atoms with Gasteiger partial charge < -0.3 is 0 Å². The lowest BCUT2D eigenvalue weighted by Crippen LogP contribution is -2.05. The molecule has 1 saturated carbocycles. The van der Waals surface area contributed by atoms with Crippen LogP contribution in [-0.4, -0.2) is 12.1 Å². The normalized spacial score (nSPS) is 30.8. The van der Waals surface area contributed by atoms with Crippen molar-refractivity contribution in [3.05, 3.63) is 11.6 Å². The first-order valence-corrected chi connectivity index (χ1v) is 4.28. The molecule has 0 aliphatic heterocycles. The second-order valence-electron chi connectivity index (χ2n) is 3.58. The van der Waals surface area contributed by atoms with Gasteiger partial charge in [-0.3, -0.25) is 9.59 Å².